The Labute approximate surface area is 86.7 Å². The van der Waals surface area contributed by atoms with Gasteiger partial charge in [0.15, 0.2) is 0 Å². The molecule has 80 valence electrons. The molecule has 1 unspecified atom stereocenters. The maximum absolute atomic E-state index is 5.83. The fraction of sp³-hybridized carbons (Fsp3) is 0.545. The summed E-state index contributed by atoms with van der Waals surface area (Å²) in [5, 5.41) is 3.04. The van der Waals surface area contributed by atoms with Crippen LogP contribution in [0.15, 0.2) is 24.5 Å². The molecule has 0 fully saturated rings. The Bertz CT molecular complexity index is 211. The minimum absolute atomic E-state index is 0.180. The Morgan fingerprint density at radius 2 is 2.21 bits per heavy atom. The van der Waals surface area contributed by atoms with Crippen molar-refractivity contribution in [3.8, 4) is 0 Å². The zero-order valence-electron chi connectivity index (χ0n) is 9.33. The van der Waals surface area contributed by atoms with Crippen LogP contribution in [0.1, 0.15) is 19.4 Å². The second-order valence-electron chi connectivity index (χ2n) is 2.88. The van der Waals surface area contributed by atoms with Crippen molar-refractivity contribution in [1.29, 1.82) is 0 Å². The van der Waals surface area contributed by atoms with Gasteiger partial charge in [0.2, 0.25) is 0 Å². The quantitative estimate of drug-likeness (QED) is 0.759. The molecule has 0 bridgehead atoms. The average Bonchev–Trinajstić information content (AvgIpc) is 2.22. The average molecular weight is 195 g/mol. The molecule has 3 heteroatoms. The third kappa shape index (κ3) is 5.67. The fourth-order valence-electron chi connectivity index (χ4n) is 1.16. The molecule has 0 spiro atoms. The highest BCUT2D eigenvalue weighted by Gasteiger charge is 2.01. The molecule has 1 aromatic rings. The van der Waals surface area contributed by atoms with Crippen LogP contribution in [0.3, 0.4) is 0 Å². The van der Waals surface area contributed by atoms with Crippen LogP contribution in [0.5, 0.6) is 0 Å². The molecule has 1 atom stereocenters. The fourth-order valence-corrected chi connectivity index (χ4v) is 1.16. The van der Waals surface area contributed by atoms with Crippen molar-refractivity contribution in [3.63, 3.8) is 0 Å². The van der Waals surface area contributed by atoms with Crippen molar-refractivity contribution >= 4 is 0 Å². The van der Waals surface area contributed by atoms with Crippen molar-refractivity contribution in [2.75, 3.05) is 13.6 Å². The molecule has 0 radical (unpaired) electrons. The largest absolute Gasteiger partial charge is 0.326 e. The molecule has 0 aliphatic carbocycles. The van der Waals surface area contributed by atoms with Crippen molar-refractivity contribution in [1.82, 2.24) is 10.3 Å². The van der Waals surface area contributed by atoms with Crippen LogP contribution in [0.4, 0.5) is 0 Å². The first kappa shape index (κ1) is 13.1. The first-order valence-corrected chi connectivity index (χ1v) is 5.12. The van der Waals surface area contributed by atoms with E-state index < -0.39 is 0 Å². The lowest BCUT2D eigenvalue weighted by Gasteiger charge is -2.09. The Balaban J connectivity index is 0.000000791. The summed E-state index contributed by atoms with van der Waals surface area (Å²) in [6.45, 7) is 4.84. The molecule has 1 heterocycles. The van der Waals surface area contributed by atoms with Crippen LogP contribution in [-0.4, -0.2) is 24.6 Å². The minimum atomic E-state index is 0.180. The van der Waals surface area contributed by atoms with E-state index in [-0.39, 0.29) is 6.04 Å². The molecule has 3 nitrogen and oxygen atoms in total. The summed E-state index contributed by atoms with van der Waals surface area (Å²) < 4.78 is 0. The molecule has 0 aliphatic heterocycles. The van der Waals surface area contributed by atoms with E-state index in [4.69, 9.17) is 5.73 Å². The molecule has 0 amide bonds. The van der Waals surface area contributed by atoms with E-state index >= 15 is 0 Å². The van der Waals surface area contributed by atoms with Crippen molar-refractivity contribution in [3.05, 3.63) is 30.1 Å². The molecule has 0 aromatic carbocycles. The number of likely N-dealkylation sites (N-methyl/N-ethyl adjacent to an activating group) is 1. The molecule has 3 N–H and O–H groups in total. The Kier molecular flexibility index (Phi) is 8.08. The summed E-state index contributed by atoms with van der Waals surface area (Å²) in [6.07, 6.45) is 4.51. The third-order valence-corrected chi connectivity index (χ3v) is 1.69. The molecule has 1 rings (SSSR count). The normalized spacial score (nSPS) is 11.4. The van der Waals surface area contributed by atoms with Crippen molar-refractivity contribution in [2.45, 2.75) is 26.3 Å². The van der Waals surface area contributed by atoms with Gasteiger partial charge in [0.1, 0.15) is 0 Å². The number of hydrogen-bond donors (Lipinski definition) is 2. The summed E-state index contributed by atoms with van der Waals surface area (Å²) in [7, 11) is 1.91. The lowest BCUT2D eigenvalue weighted by Crippen LogP contribution is -2.33. The summed E-state index contributed by atoms with van der Waals surface area (Å²) in [4.78, 5) is 4.02. The summed E-state index contributed by atoms with van der Waals surface area (Å²) in [5.41, 5.74) is 7.02. The second-order valence-corrected chi connectivity index (χ2v) is 2.88. The second kappa shape index (κ2) is 8.66. The van der Waals surface area contributed by atoms with E-state index in [1.807, 2.05) is 39.2 Å². The Morgan fingerprint density at radius 3 is 2.71 bits per heavy atom. The third-order valence-electron chi connectivity index (χ3n) is 1.69. The van der Waals surface area contributed by atoms with E-state index in [9.17, 15) is 0 Å². The van der Waals surface area contributed by atoms with E-state index in [1.165, 1.54) is 5.56 Å². The van der Waals surface area contributed by atoms with Crippen molar-refractivity contribution in [2.24, 2.45) is 5.73 Å². The van der Waals surface area contributed by atoms with Gasteiger partial charge < -0.3 is 11.1 Å². The number of pyridine rings is 1. The molecule has 0 aliphatic rings. The Hall–Kier alpha value is -0.930. The number of hydrogen-bond acceptors (Lipinski definition) is 3. The predicted octanol–water partition coefficient (Wildman–Crippen LogP) is 1.20. The van der Waals surface area contributed by atoms with Gasteiger partial charge in [0.25, 0.3) is 0 Å². The van der Waals surface area contributed by atoms with Gasteiger partial charge >= 0.3 is 0 Å². The highest BCUT2D eigenvalue weighted by atomic mass is 14.9. The Morgan fingerprint density at radius 1 is 1.50 bits per heavy atom. The van der Waals surface area contributed by atoms with E-state index in [1.54, 1.807) is 6.20 Å². The summed E-state index contributed by atoms with van der Waals surface area (Å²) in [5.74, 6) is 0. The number of nitrogens with one attached hydrogen (secondary N) is 1. The summed E-state index contributed by atoms with van der Waals surface area (Å²) >= 11 is 0. The van der Waals surface area contributed by atoms with E-state index in [0.29, 0.717) is 0 Å². The smallest absolute Gasteiger partial charge is 0.0300 e. The van der Waals surface area contributed by atoms with Crippen molar-refractivity contribution < 1.29 is 0 Å². The molecular weight excluding hydrogens is 174 g/mol. The van der Waals surface area contributed by atoms with Gasteiger partial charge in [-0.3, -0.25) is 4.98 Å². The first-order chi connectivity index (χ1) is 6.83. The maximum atomic E-state index is 5.83. The topological polar surface area (TPSA) is 50.9 Å². The zero-order chi connectivity index (χ0) is 10.8. The van der Waals surface area contributed by atoms with Gasteiger partial charge in [-0.15, -0.1) is 0 Å². The number of rotatable bonds is 4. The van der Waals surface area contributed by atoms with Crippen LogP contribution in [0, 0.1) is 0 Å². The monoisotopic (exact) mass is 195 g/mol. The lowest BCUT2D eigenvalue weighted by atomic mass is 10.1. The van der Waals surface area contributed by atoms with Gasteiger partial charge in [0.05, 0.1) is 0 Å². The van der Waals surface area contributed by atoms with Crippen LogP contribution in [0.2, 0.25) is 0 Å². The van der Waals surface area contributed by atoms with Gasteiger partial charge in [-0.25, -0.2) is 0 Å². The molecule has 14 heavy (non-hydrogen) atoms. The van der Waals surface area contributed by atoms with E-state index in [2.05, 4.69) is 10.3 Å². The lowest BCUT2D eigenvalue weighted by molar-refractivity contribution is 0.615. The van der Waals surface area contributed by atoms with Gasteiger partial charge in [-0.2, -0.15) is 0 Å². The molecule has 0 saturated carbocycles. The van der Waals surface area contributed by atoms with Crippen LogP contribution >= 0.6 is 0 Å². The first-order valence-electron chi connectivity index (χ1n) is 5.12. The zero-order valence-corrected chi connectivity index (χ0v) is 9.33. The molecular formula is C11H21N3. The van der Waals surface area contributed by atoms with Gasteiger partial charge in [-0.1, -0.05) is 19.9 Å². The maximum Gasteiger partial charge on any atom is 0.0300 e. The minimum Gasteiger partial charge on any atom is -0.326 e. The number of nitrogens with two attached hydrogens (primary N) is 1. The molecule has 1 aromatic heterocycles. The standard InChI is InChI=1S/C9H15N3.C2H6/c1-11-7-9(10)5-8-3-2-4-12-6-8;1-2/h2-4,6,9,11H,5,7,10H2,1H3;1-2H3. The highest BCUT2D eigenvalue weighted by molar-refractivity contribution is 5.09. The summed E-state index contributed by atoms with van der Waals surface area (Å²) in [6, 6.07) is 4.16. The van der Waals surface area contributed by atoms with Crippen LogP contribution in [-0.2, 0) is 6.42 Å². The SMILES string of the molecule is CC.CNCC(N)Cc1cccnc1. The van der Waals surface area contributed by atoms with Crippen LogP contribution in [0.25, 0.3) is 0 Å². The van der Waals surface area contributed by atoms with Gasteiger partial charge in [0, 0.05) is 25.0 Å². The highest BCUT2D eigenvalue weighted by Crippen LogP contribution is 1.98. The predicted molar refractivity (Wildman–Crippen MR) is 61.2 cm³/mol. The number of aromatic nitrogens is 1. The van der Waals surface area contributed by atoms with E-state index in [0.717, 1.165) is 13.0 Å². The number of nitrogens with zero attached hydrogens (tertiary/aromatic N) is 1. The van der Waals surface area contributed by atoms with Crippen LogP contribution < -0.4 is 11.1 Å². The van der Waals surface area contributed by atoms with Gasteiger partial charge in [-0.05, 0) is 25.1 Å². The molecule has 0 saturated heterocycles.